The van der Waals surface area contributed by atoms with Gasteiger partial charge < -0.3 is 5.11 Å². The van der Waals surface area contributed by atoms with Crippen molar-refractivity contribution in [3.8, 4) is 55.9 Å². The molecule has 6 aromatic carbocycles. The zero-order valence-corrected chi connectivity index (χ0v) is 39.1. The standard InChI is InChI=1S/2C24H16N2.C12H10N2O2.Ru/c2*1-3-7-17(8-4-1)19-13-15-25-23-21(19)11-12-22-20(14-16-26-24(22)23)18-9-5-2-6-10-18;1-8-2-4-13-10(6-8)11-7-9(12(15)16)3-5-14-11;/h2*1-16H;2-7H,1H3,(H,15,16);. The summed E-state index contributed by atoms with van der Waals surface area (Å²) in [6.07, 6.45) is 10.7. The van der Waals surface area contributed by atoms with E-state index in [2.05, 4.69) is 175 Å². The molecule has 332 valence electrons. The number of nitrogens with zero attached hydrogens (tertiary/aromatic N) is 6. The van der Waals surface area contributed by atoms with Crippen molar-refractivity contribution >= 4 is 49.6 Å². The number of hydrogen-bond acceptors (Lipinski definition) is 7. The van der Waals surface area contributed by atoms with Crippen LogP contribution in [-0.4, -0.2) is 41.0 Å². The van der Waals surface area contributed by atoms with Crippen molar-refractivity contribution in [3.05, 3.63) is 242 Å². The molecule has 0 saturated carbocycles. The van der Waals surface area contributed by atoms with Crippen LogP contribution in [0.3, 0.4) is 0 Å². The SMILES string of the molecule is Cc1ccnc(-c2cc(C(=O)O)ccn2)c1.[Ru].c1ccc(-c2ccnc3c2ccc2c(-c4ccccc4)ccnc23)cc1.c1ccc(-c2ccnc3c2ccc2c(-c4ccccc4)ccnc23)cc1. The second-order valence-electron chi connectivity index (χ2n) is 16.1. The van der Waals surface area contributed by atoms with Crippen LogP contribution in [0, 0.1) is 6.92 Å². The Bertz CT molecular complexity index is 3330. The maximum atomic E-state index is 10.8. The van der Waals surface area contributed by atoms with Gasteiger partial charge >= 0.3 is 5.97 Å². The van der Waals surface area contributed by atoms with Gasteiger partial charge in [-0.25, -0.2) is 4.79 Å². The average Bonchev–Trinajstić information content (AvgIpc) is 3.41. The first-order valence-corrected chi connectivity index (χ1v) is 22.2. The van der Waals surface area contributed by atoms with Crippen LogP contribution in [0.5, 0.6) is 0 Å². The van der Waals surface area contributed by atoms with Crippen LogP contribution in [0.15, 0.2) is 231 Å². The van der Waals surface area contributed by atoms with E-state index in [1.807, 2.05) is 68.1 Å². The Morgan fingerprint density at radius 3 is 0.942 bits per heavy atom. The van der Waals surface area contributed by atoms with Crippen LogP contribution in [0.25, 0.3) is 99.5 Å². The number of carboxylic acid groups (broad SMARTS) is 1. The van der Waals surface area contributed by atoms with E-state index < -0.39 is 5.97 Å². The second kappa shape index (κ2) is 20.9. The molecule has 0 unspecified atom stereocenters. The number of aromatic carboxylic acids is 1. The number of aryl methyl sites for hydroxylation is 1. The quantitative estimate of drug-likeness (QED) is 0.129. The van der Waals surface area contributed by atoms with Gasteiger partial charge in [-0.15, -0.1) is 0 Å². The zero-order valence-electron chi connectivity index (χ0n) is 37.3. The summed E-state index contributed by atoms with van der Waals surface area (Å²) in [5, 5.41) is 13.4. The monoisotopic (exact) mass is 980 g/mol. The Kier molecular flexibility index (Phi) is 13.8. The molecule has 6 aromatic heterocycles. The molecule has 0 aliphatic rings. The van der Waals surface area contributed by atoms with Crippen LogP contribution in [0.4, 0.5) is 0 Å². The van der Waals surface area contributed by atoms with Crippen LogP contribution < -0.4 is 0 Å². The first-order valence-electron chi connectivity index (χ1n) is 22.2. The van der Waals surface area contributed by atoms with E-state index in [4.69, 9.17) is 5.11 Å². The van der Waals surface area contributed by atoms with E-state index in [0.29, 0.717) is 11.4 Å². The van der Waals surface area contributed by atoms with E-state index in [1.165, 1.54) is 62.8 Å². The first kappa shape index (κ1) is 45.5. The second-order valence-corrected chi connectivity index (χ2v) is 16.1. The molecule has 1 N–H and O–H groups in total. The Morgan fingerprint density at radius 2 is 0.638 bits per heavy atom. The molecule has 12 rings (SSSR count). The number of carboxylic acids is 1. The van der Waals surface area contributed by atoms with Gasteiger partial charge in [0.1, 0.15) is 0 Å². The number of aromatic nitrogens is 6. The largest absolute Gasteiger partial charge is 0.478 e. The van der Waals surface area contributed by atoms with Crippen molar-refractivity contribution in [1.82, 2.24) is 29.9 Å². The van der Waals surface area contributed by atoms with E-state index in [1.54, 1.807) is 6.20 Å². The van der Waals surface area contributed by atoms with Crippen molar-refractivity contribution in [1.29, 1.82) is 0 Å². The third kappa shape index (κ3) is 9.77. The minimum atomic E-state index is -0.962. The number of fused-ring (bicyclic) bond motifs is 6. The zero-order chi connectivity index (χ0) is 46.2. The number of hydrogen-bond donors (Lipinski definition) is 1. The summed E-state index contributed by atoms with van der Waals surface area (Å²) in [5.74, 6) is -0.962. The molecule has 0 radical (unpaired) electrons. The van der Waals surface area contributed by atoms with Crippen LogP contribution in [0.2, 0.25) is 0 Å². The summed E-state index contributed by atoms with van der Waals surface area (Å²) in [6.45, 7) is 1.95. The van der Waals surface area contributed by atoms with Crippen molar-refractivity contribution in [3.63, 3.8) is 0 Å². The molecule has 9 heteroatoms. The third-order valence-corrected chi connectivity index (χ3v) is 11.8. The van der Waals surface area contributed by atoms with Gasteiger partial charge in [0.05, 0.1) is 39.0 Å². The van der Waals surface area contributed by atoms with Gasteiger partial charge in [0.25, 0.3) is 0 Å². The average molecular weight is 980 g/mol. The smallest absolute Gasteiger partial charge is 0.335 e. The Hall–Kier alpha value is -8.65. The molecule has 69 heavy (non-hydrogen) atoms. The predicted octanol–water partition coefficient (Wildman–Crippen LogP) is 14.4. The molecule has 0 atom stereocenters. The van der Waals surface area contributed by atoms with Gasteiger partial charge in [-0.1, -0.05) is 146 Å². The van der Waals surface area contributed by atoms with E-state index in [-0.39, 0.29) is 25.0 Å². The molecule has 0 bridgehead atoms. The summed E-state index contributed by atoms with van der Waals surface area (Å²) in [4.78, 5) is 37.7. The summed E-state index contributed by atoms with van der Waals surface area (Å²) < 4.78 is 0. The van der Waals surface area contributed by atoms with Gasteiger partial charge in [-0.05, 0) is 106 Å². The van der Waals surface area contributed by atoms with Crippen LogP contribution >= 0.6 is 0 Å². The molecule has 0 amide bonds. The summed E-state index contributed by atoms with van der Waals surface area (Å²) in [7, 11) is 0. The van der Waals surface area contributed by atoms with Gasteiger partial charge in [-0.3, -0.25) is 29.9 Å². The molecule has 0 saturated heterocycles. The molecular weight excluding hydrogens is 938 g/mol. The maximum absolute atomic E-state index is 10.8. The molecule has 6 heterocycles. The fourth-order valence-electron chi connectivity index (χ4n) is 8.51. The van der Waals surface area contributed by atoms with Gasteiger partial charge in [0.15, 0.2) is 0 Å². The fraction of sp³-hybridized carbons (Fsp3) is 0.0167. The Balaban J connectivity index is 0.000000132. The van der Waals surface area contributed by atoms with E-state index >= 15 is 0 Å². The topological polar surface area (TPSA) is 115 Å². The summed E-state index contributed by atoms with van der Waals surface area (Å²) >= 11 is 0. The summed E-state index contributed by atoms with van der Waals surface area (Å²) in [6, 6.07) is 65.4. The summed E-state index contributed by atoms with van der Waals surface area (Å²) in [5.41, 5.74) is 15.8. The predicted molar refractivity (Wildman–Crippen MR) is 275 cm³/mol. The molecule has 0 fully saturated rings. The number of rotatable bonds is 6. The number of benzene rings is 6. The molecule has 12 aromatic rings. The molecule has 0 aliphatic heterocycles. The molecule has 0 spiro atoms. The normalized spacial score (nSPS) is 10.7. The van der Waals surface area contributed by atoms with Gasteiger partial charge in [0, 0.05) is 78.2 Å². The van der Waals surface area contributed by atoms with E-state index in [0.717, 1.165) is 49.2 Å². The third-order valence-electron chi connectivity index (χ3n) is 11.8. The van der Waals surface area contributed by atoms with Crippen molar-refractivity contribution in [2.45, 2.75) is 6.92 Å². The van der Waals surface area contributed by atoms with Gasteiger partial charge in [-0.2, -0.15) is 0 Å². The minimum Gasteiger partial charge on any atom is -0.478 e. The molecule has 0 aliphatic carbocycles. The van der Waals surface area contributed by atoms with Gasteiger partial charge in [0.2, 0.25) is 0 Å². The van der Waals surface area contributed by atoms with Crippen LogP contribution in [0.1, 0.15) is 15.9 Å². The fourth-order valence-corrected chi connectivity index (χ4v) is 8.51. The molecular formula is C60H42N6O2Ru. The van der Waals surface area contributed by atoms with Crippen molar-refractivity contribution in [2.75, 3.05) is 0 Å². The Morgan fingerprint density at radius 1 is 0.348 bits per heavy atom. The number of pyridine rings is 6. The molecule has 8 nitrogen and oxygen atoms in total. The van der Waals surface area contributed by atoms with E-state index in [9.17, 15) is 4.79 Å². The first-order chi connectivity index (χ1) is 33.5. The maximum Gasteiger partial charge on any atom is 0.335 e. The van der Waals surface area contributed by atoms with Crippen LogP contribution in [-0.2, 0) is 19.5 Å². The number of carbonyl (C=O) groups is 1. The van der Waals surface area contributed by atoms with Crippen molar-refractivity contribution < 1.29 is 29.4 Å². The van der Waals surface area contributed by atoms with Crippen molar-refractivity contribution in [2.24, 2.45) is 0 Å². The Labute approximate surface area is 411 Å². The minimum absolute atomic E-state index is 0.